The van der Waals surface area contributed by atoms with E-state index in [9.17, 15) is 4.79 Å². The molecule has 1 heterocycles. The summed E-state index contributed by atoms with van der Waals surface area (Å²) in [6, 6.07) is 6.80. The lowest BCUT2D eigenvalue weighted by Crippen LogP contribution is -2.42. The zero-order valence-corrected chi connectivity index (χ0v) is 19.3. The average Bonchev–Trinajstić information content (AvgIpc) is 3.20. The fourth-order valence-corrected chi connectivity index (χ4v) is 2.78. The molecular weight excluding hydrogens is 495 g/mol. The Labute approximate surface area is 189 Å². The zero-order chi connectivity index (χ0) is 19.3. The molecule has 1 amide bonds. The first kappa shape index (κ1) is 24.9. The van der Waals surface area contributed by atoms with Gasteiger partial charge in [0.05, 0.1) is 12.7 Å². The van der Waals surface area contributed by atoms with Crippen LogP contribution >= 0.6 is 35.6 Å². The molecule has 1 aliphatic rings. The van der Waals surface area contributed by atoms with Crippen molar-refractivity contribution in [2.24, 2.45) is 4.99 Å². The quantitative estimate of drug-likeness (QED) is 0.190. The minimum absolute atomic E-state index is 0. The summed E-state index contributed by atoms with van der Waals surface area (Å²) in [7, 11) is 1.72. The van der Waals surface area contributed by atoms with Crippen LogP contribution < -0.4 is 16.0 Å². The third-order valence-electron chi connectivity index (χ3n) is 4.12. The number of nitrogens with one attached hydrogen (secondary N) is 3. The molecule has 9 heteroatoms. The molecule has 2 rings (SSSR count). The van der Waals surface area contributed by atoms with Crippen LogP contribution in [0.3, 0.4) is 0 Å². The highest BCUT2D eigenvalue weighted by Crippen LogP contribution is 2.11. The van der Waals surface area contributed by atoms with Gasteiger partial charge in [-0.25, -0.2) is 0 Å². The van der Waals surface area contributed by atoms with Crippen molar-refractivity contribution in [1.82, 2.24) is 16.0 Å². The molecule has 0 radical (unpaired) electrons. The predicted octanol–water partition coefficient (Wildman–Crippen LogP) is 2.44. The van der Waals surface area contributed by atoms with Gasteiger partial charge in [-0.15, -0.1) is 24.0 Å². The van der Waals surface area contributed by atoms with Crippen LogP contribution in [0.4, 0.5) is 0 Å². The lowest BCUT2D eigenvalue weighted by Gasteiger charge is -2.13. The standard InChI is InChI=1S/C19H29ClN4O3.HI/c1-21-19(23-9-3-12-26-14-17-4-2-13-27-17)24-11-10-22-18(25)15-5-7-16(20)8-6-15;/h5-8,17H,2-4,9-14H2,1H3,(H,22,25)(H2,21,23,24);1H. The second-order valence-corrected chi connectivity index (χ2v) is 6.69. The number of hydrogen-bond acceptors (Lipinski definition) is 4. The Morgan fingerprint density at radius 2 is 1.93 bits per heavy atom. The molecular formula is C19H30ClIN4O3. The molecule has 0 saturated carbocycles. The van der Waals surface area contributed by atoms with E-state index in [0.29, 0.717) is 42.8 Å². The fraction of sp³-hybridized carbons (Fsp3) is 0.579. The lowest BCUT2D eigenvalue weighted by atomic mass is 10.2. The van der Waals surface area contributed by atoms with Gasteiger partial charge in [-0.1, -0.05) is 11.6 Å². The smallest absolute Gasteiger partial charge is 0.251 e. The summed E-state index contributed by atoms with van der Waals surface area (Å²) in [4.78, 5) is 16.1. The molecule has 1 saturated heterocycles. The molecule has 1 aromatic carbocycles. The summed E-state index contributed by atoms with van der Waals surface area (Å²) in [6.07, 6.45) is 3.40. The summed E-state index contributed by atoms with van der Waals surface area (Å²) >= 11 is 5.82. The second kappa shape index (κ2) is 14.8. The van der Waals surface area contributed by atoms with Crippen molar-refractivity contribution < 1.29 is 14.3 Å². The predicted molar refractivity (Wildman–Crippen MR) is 123 cm³/mol. The molecule has 1 unspecified atom stereocenters. The van der Waals surface area contributed by atoms with Gasteiger partial charge in [-0.3, -0.25) is 9.79 Å². The van der Waals surface area contributed by atoms with E-state index in [1.807, 2.05) is 0 Å². The van der Waals surface area contributed by atoms with Crippen LogP contribution in [0.25, 0.3) is 0 Å². The monoisotopic (exact) mass is 524 g/mol. The van der Waals surface area contributed by atoms with Crippen LogP contribution in [0.1, 0.15) is 29.6 Å². The molecule has 28 heavy (non-hydrogen) atoms. The van der Waals surface area contributed by atoms with Gasteiger partial charge in [-0.05, 0) is 43.5 Å². The fourth-order valence-electron chi connectivity index (χ4n) is 2.65. The number of halogens is 2. The summed E-state index contributed by atoms with van der Waals surface area (Å²) < 4.78 is 11.1. The molecule has 7 nitrogen and oxygen atoms in total. The summed E-state index contributed by atoms with van der Waals surface area (Å²) in [6.45, 7) is 4.07. The van der Waals surface area contributed by atoms with Gasteiger partial charge in [-0.2, -0.15) is 0 Å². The van der Waals surface area contributed by atoms with E-state index in [4.69, 9.17) is 21.1 Å². The molecule has 0 bridgehead atoms. The van der Waals surface area contributed by atoms with Gasteiger partial charge in [0.1, 0.15) is 0 Å². The first-order chi connectivity index (χ1) is 13.2. The SMILES string of the molecule is CN=C(NCCCOCC1CCCO1)NCCNC(=O)c1ccc(Cl)cc1.I. The molecule has 3 N–H and O–H groups in total. The van der Waals surface area contributed by atoms with Gasteiger partial charge in [0.2, 0.25) is 0 Å². The lowest BCUT2D eigenvalue weighted by molar-refractivity contribution is 0.0168. The minimum atomic E-state index is -0.125. The number of rotatable bonds is 10. The summed E-state index contributed by atoms with van der Waals surface area (Å²) in [5.74, 6) is 0.578. The Balaban J connectivity index is 0.00000392. The van der Waals surface area contributed by atoms with Gasteiger partial charge in [0.15, 0.2) is 5.96 Å². The maximum Gasteiger partial charge on any atom is 0.251 e. The van der Waals surface area contributed by atoms with Crippen molar-refractivity contribution in [1.29, 1.82) is 0 Å². The molecule has 0 aliphatic carbocycles. The van der Waals surface area contributed by atoms with Crippen molar-refractivity contribution >= 4 is 47.4 Å². The highest BCUT2D eigenvalue weighted by Gasteiger charge is 2.14. The third-order valence-corrected chi connectivity index (χ3v) is 4.37. The van der Waals surface area contributed by atoms with Crippen molar-refractivity contribution in [3.8, 4) is 0 Å². The van der Waals surface area contributed by atoms with Crippen molar-refractivity contribution in [2.45, 2.75) is 25.4 Å². The first-order valence-corrected chi connectivity index (χ1v) is 9.74. The van der Waals surface area contributed by atoms with Crippen LogP contribution in [0.15, 0.2) is 29.3 Å². The Hall–Kier alpha value is -1.10. The molecule has 1 fully saturated rings. The summed E-state index contributed by atoms with van der Waals surface area (Å²) in [5, 5.41) is 9.85. The number of ether oxygens (including phenoxy) is 2. The highest BCUT2D eigenvalue weighted by atomic mass is 127. The number of guanidine groups is 1. The Morgan fingerprint density at radius 1 is 1.21 bits per heavy atom. The summed E-state index contributed by atoms with van der Waals surface area (Å²) in [5.41, 5.74) is 0.588. The van der Waals surface area contributed by atoms with E-state index in [2.05, 4.69) is 20.9 Å². The first-order valence-electron chi connectivity index (χ1n) is 9.36. The zero-order valence-electron chi connectivity index (χ0n) is 16.2. The highest BCUT2D eigenvalue weighted by molar-refractivity contribution is 14.0. The largest absolute Gasteiger partial charge is 0.379 e. The Bertz CT molecular complexity index is 595. The minimum Gasteiger partial charge on any atom is -0.379 e. The van der Waals surface area contributed by atoms with Crippen LogP contribution in [0, 0.1) is 0 Å². The van der Waals surface area contributed by atoms with Crippen molar-refractivity contribution in [3.63, 3.8) is 0 Å². The number of hydrogen-bond donors (Lipinski definition) is 3. The molecule has 1 aromatic rings. The number of amides is 1. The average molecular weight is 525 g/mol. The molecule has 1 atom stereocenters. The van der Waals surface area contributed by atoms with E-state index in [0.717, 1.165) is 32.4 Å². The van der Waals surface area contributed by atoms with E-state index >= 15 is 0 Å². The Kier molecular flexibility index (Phi) is 13.2. The van der Waals surface area contributed by atoms with Crippen LogP contribution in [-0.4, -0.2) is 64.5 Å². The van der Waals surface area contributed by atoms with E-state index in [-0.39, 0.29) is 36.0 Å². The van der Waals surface area contributed by atoms with E-state index < -0.39 is 0 Å². The van der Waals surface area contributed by atoms with Gasteiger partial charge < -0.3 is 25.4 Å². The van der Waals surface area contributed by atoms with Crippen LogP contribution in [0.5, 0.6) is 0 Å². The van der Waals surface area contributed by atoms with Crippen molar-refractivity contribution in [3.05, 3.63) is 34.9 Å². The molecule has 0 spiro atoms. The molecule has 0 aromatic heterocycles. The normalized spacial score (nSPS) is 16.4. The number of carbonyl (C=O) groups excluding carboxylic acids is 1. The Morgan fingerprint density at radius 3 is 2.61 bits per heavy atom. The number of nitrogens with zero attached hydrogens (tertiary/aromatic N) is 1. The second-order valence-electron chi connectivity index (χ2n) is 6.25. The van der Waals surface area contributed by atoms with E-state index in [1.165, 1.54) is 0 Å². The van der Waals surface area contributed by atoms with Crippen molar-refractivity contribution in [2.75, 3.05) is 46.5 Å². The molecule has 1 aliphatic heterocycles. The maximum atomic E-state index is 12.0. The van der Waals surface area contributed by atoms with Gasteiger partial charge >= 0.3 is 0 Å². The number of benzene rings is 1. The van der Waals surface area contributed by atoms with Gasteiger partial charge in [0.25, 0.3) is 5.91 Å². The van der Waals surface area contributed by atoms with Crippen LogP contribution in [0.2, 0.25) is 5.02 Å². The van der Waals surface area contributed by atoms with Gasteiger partial charge in [0, 0.05) is 50.5 Å². The maximum absolute atomic E-state index is 12.0. The molecule has 158 valence electrons. The number of aliphatic imine (C=N–C) groups is 1. The van der Waals surface area contributed by atoms with E-state index in [1.54, 1.807) is 31.3 Å². The number of carbonyl (C=O) groups is 1. The van der Waals surface area contributed by atoms with Crippen LogP contribution in [-0.2, 0) is 9.47 Å². The topological polar surface area (TPSA) is 84.0 Å². The third kappa shape index (κ3) is 9.90.